The largest absolute Gasteiger partial charge is 0.324 e. The molecule has 0 aromatic heterocycles. The molecule has 1 saturated heterocycles. The highest BCUT2D eigenvalue weighted by atomic mass is 35.5. The Labute approximate surface area is 171 Å². The van der Waals surface area contributed by atoms with Gasteiger partial charge in [0.2, 0.25) is 15.9 Å². The van der Waals surface area contributed by atoms with Gasteiger partial charge in [-0.25, -0.2) is 8.42 Å². The van der Waals surface area contributed by atoms with Gasteiger partial charge in [0.15, 0.2) is 0 Å². The van der Waals surface area contributed by atoms with Crippen LogP contribution in [-0.2, 0) is 14.8 Å². The summed E-state index contributed by atoms with van der Waals surface area (Å²) in [5.74, 6) is -0.135. The van der Waals surface area contributed by atoms with Crippen molar-refractivity contribution < 1.29 is 13.2 Å². The van der Waals surface area contributed by atoms with Crippen LogP contribution in [0.4, 0.5) is 5.69 Å². The lowest BCUT2D eigenvalue weighted by Gasteiger charge is -2.36. The molecule has 3 rings (SSSR count). The molecule has 0 radical (unpaired) electrons. The maximum Gasteiger partial charge on any atom is 0.243 e. The van der Waals surface area contributed by atoms with Crippen LogP contribution in [0, 0.1) is 6.92 Å². The number of halogens is 1. The van der Waals surface area contributed by atoms with Crippen LogP contribution in [0.25, 0.3) is 0 Å². The zero-order chi connectivity index (χ0) is 20.3. The molecule has 0 bridgehead atoms. The fourth-order valence-corrected chi connectivity index (χ4v) is 4.84. The third kappa shape index (κ3) is 4.38. The summed E-state index contributed by atoms with van der Waals surface area (Å²) in [6, 6.07) is 13.4. The van der Waals surface area contributed by atoms with E-state index in [4.69, 9.17) is 11.6 Å². The molecule has 1 atom stereocenters. The average molecular weight is 422 g/mol. The molecule has 8 heteroatoms. The van der Waals surface area contributed by atoms with Crippen molar-refractivity contribution in [3.63, 3.8) is 0 Å². The second-order valence-corrected chi connectivity index (χ2v) is 9.18. The summed E-state index contributed by atoms with van der Waals surface area (Å²) in [4.78, 5) is 14.9. The summed E-state index contributed by atoms with van der Waals surface area (Å²) < 4.78 is 26.9. The van der Waals surface area contributed by atoms with Crippen molar-refractivity contribution in [2.24, 2.45) is 0 Å². The SMILES string of the molecule is Cc1c(Cl)cccc1NC(=O)[C@@H](C)N1CCN(S(=O)(=O)c2ccccc2)CC1. The lowest BCUT2D eigenvalue weighted by Crippen LogP contribution is -2.53. The zero-order valence-electron chi connectivity index (χ0n) is 15.9. The number of hydrogen-bond acceptors (Lipinski definition) is 4. The normalized spacial score (nSPS) is 17.2. The maximum atomic E-state index is 12.7. The number of rotatable bonds is 5. The Hall–Kier alpha value is -1.93. The first kappa shape index (κ1) is 20.8. The number of nitrogens with zero attached hydrogens (tertiary/aromatic N) is 2. The van der Waals surface area contributed by atoms with Crippen LogP contribution in [-0.4, -0.2) is 55.8 Å². The number of carbonyl (C=O) groups excluding carboxylic acids is 1. The quantitative estimate of drug-likeness (QED) is 0.805. The summed E-state index contributed by atoms with van der Waals surface area (Å²) in [6.45, 7) is 5.38. The Morgan fingerprint density at radius 3 is 2.32 bits per heavy atom. The van der Waals surface area contributed by atoms with Gasteiger partial charge in [-0.2, -0.15) is 4.31 Å². The van der Waals surface area contributed by atoms with Crippen LogP contribution in [0.5, 0.6) is 0 Å². The minimum Gasteiger partial charge on any atom is -0.324 e. The minimum absolute atomic E-state index is 0.135. The van der Waals surface area contributed by atoms with Gasteiger partial charge in [-0.15, -0.1) is 0 Å². The number of anilines is 1. The topological polar surface area (TPSA) is 69.7 Å². The van der Waals surface area contributed by atoms with Crippen LogP contribution < -0.4 is 5.32 Å². The molecule has 0 aliphatic carbocycles. The number of carbonyl (C=O) groups is 1. The molecule has 0 unspecified atom stereocenters. The van der Waals surface area contributed by atoms with Gasteiger partial charge in [0, 0.05) is 36.9 Å². The van der Waals surface area contributed by atoms with Crippen molar-refractivity contribution in [1.82, 2.24) is 9.21 Å². The molecule has 6 nitrogen and oxygen atoms in total. The molecule has 1 heterocycles. The van der Waals surface area contributed by atoms with Gasteiger partial charge in [0.25, 0.3) is 0 Å². The number of hydrogen-bond donors (Lipinski definition) is 1. The summed E-state index contributed by atoms with van der Waals surface area (Å²) >= 11 is 6.11. The molecular formula is C20H24ClN3O3S. The van der Waals surface area contributed by atoms with Crippen molar-refractivity contribution >= 4 is 33.2 Å². The van der Waals surface area contributed by atoms with Gasteiger partial charge in [-0.3, -0.25) is 9.69 Å². The number of sulfonamides is 1. The molecule has 1 amide bonds. The smallest absolute Gasteiger partial charge is 0.243 e. The van der Waals surface area contributed by atoms with Gasteiger partial charge in [0.05, 0.1) is 10.9 Å². The highest BCUT2D eigenvalue weighted by molar-refractivity contribution is 7.89. The van der Waals surface area contributed by atoms with E-state index in [1.54, 1.807) is 42.5 Å². The molecule has 2 aromatic carbocycles. The molecular weight excluding hydrogens is 398 g/mol. The highest BCUT2D eigenvalue weighted by Gasteiger charge is 2.31. The van der Waals surface area contributed by atoms with Crippen molar-refractivity contribution in [2.75, 3.05) is 31.5 Å². The molecule has 1 aliphatic heterocycles. The Morgan fingerprint density at radius 2 is 1.68 bits per heavy atom. The van der Waals surface area contributed by atoms with Gasteiger partial charge in [0.1, 0.15) is 0 Å². The summed E-state index contributed by atoms with van der Waals surface area (Å²) in [5, 5.41) is 3.52. The number of amides is 1. The molecule has 28 heavy (non-hydrogen) atoms. The predicted octanol–water partition coefficient (Wildman–Crippen LogP) is 2.98. The van der Waals surface area contributed by atoms with Crippen LogP contribution >= 0.6 is 11.6 Å². The van der Waals surface area contributed by atoms with Gasteiger partial charge < -0.3 is 5.32 Å². The molecule has 2 aromatic rings. The van der Waals surface area contributed by atoms with E-state index in [0.717, 1.165) is 5.56 Å². The van der Waals surface area contributed by atoms with Crippen molar-refractivity contribution in [1.29, 1.82) is 0 Å². The first-order chi connectivity index (χ1) is 13.3. The molecule has 1 aliphatic rings. The highest BCUT2D eigenvalue weighted by Crippen LogP contribution is 2.24. The van der Waals surface area contributed by atoms with Crippen LogP contribution in [0.1, 0.15) is 12.5 Å². The van der Waals surface area contributed by atoms with E-state index in [-0.39, 0.29) is 11.9 Å². The average Bonchev–Trinajstić information content (AvgIpc) is 2.71. The molecule has 150 valence electrons. The fraction of sp³-hybridized carbons (Fsp3) is 0.350. The summed E-state index contributed by atoms with van der Waals surface area (Å²) in [5.41, 5.74) is 1.51. The minimum atomic E-state index is -3.50. The second kappa shape index (κ2) is 8.61. The first-order valence-corrected chi connectivity index (χ1v) is 11.0. The standard InChI is InChI=1S/C20H24ClN3O3S/c1-15-18(21)9-6-10-19(15)22-20(25)16(2)23-11-13-24(14-12-23)28(26,27)17-7-4-3-5-8-17/h3-10,16H,11-14H2,1-2H3,(H,22,25)/t16-/m1/s1. The van der Waals surface area contributed by atoms with E-state index >= 15 is 0 Å². The number of nitrogens with one attached hydrogen (secondary N) is 1. The van der Waals surface area contributed by atoms with E-state index in [1.165, 1.54) is 4.31 Å². The third-order valence-corrected chi connectivity index (χ3v) is 7.43. The Bertz CT molecular complexity index is 942. The lowest BCUT2D eigenvalue weighted by molar-refractivity contribution is -0.121. The van der Waals surface area contributed by atoms with Crippen molar-refractivity contribution in [3.05, 3.63) is 59.1 Å². The molecule has 0 saturated carbocycles. The Kier molecular flexibility index (Phi) is 6.40. The lowest BCUT2D eigenvalue weighted by atomic mass is 10.1. The van der Waals surface area contributed by atoms with Crippen LogP contribution in [0.15, 0.2) is 53.4 Å². The first-order valence-electron chi connectivity index (χ1n) is 9.16. The van der Waals surface area contributed by atoms with Gasteiger partial charge in [-0.1, -0.05) is 35.9 Å². The molecule has 1 N–H and O–H groups in total. The van der Waals surface area contributed by atoms with E-state index in [9.17, 15) is 13.2 Å². The Balaban J connectivity index is 1.61. The molecule has 1 fully saturated rings. The third-order valence-electron chi connectivity index (χ3n) is 5.11. The summed E-state index contributed by atoms with van der Waals surface area (Å²) in [7, 11) is -3.50. The van der Waals surface area contributed by atoms with Gasteiger partial charge >= 0.3 is 0 Å². The number of benzene rings is 2. The van der Waals surface area contributed by atoms with Crippen LogP contribution in [0.2, 0.25) is 5.02 Å². The van der Waals surface area contributed by atoms with Crippen LogP contribution in [0.3, 0.4) is 0 Å². The number of piperazine rings is 1. The van der Waals surface area contributed by atoms with Crippen molar-refractivity contribution in [3.8, 4) is 0 Å². The van der Waals surface area contributed by atoms with E-state index in [1.807, 2.05) is 24.8 Å². The maximum absolute atomic E-state index is 12.7. The zero-order valence-corrected chi connectivity index (χ0v) is 17.5. The monoisotopic (exact) mass is 421 g/mol. The van der Waals surface area contributed by atoms with E-state index < -0.39 is 10.0 Å². The van der Waals surface area contributed by atoms with E-state index in [2.05, 4.69) is 5.32 Å². The predicted molar refractivity (Wildman–Crippen MR) is 111 cm³/mol. The van der Waals surface area contributed by atoms with Crippen molar-refractivity contribution in [2.45, 2.75) is 24.8 Å². The Morgan fingerprint density at radius 1 is 1.04 bits per heavy atom. The fourth-order valence-electron chi connectivity index (χ4n) is 3.22. The second-order valence-electron chi connectivity index (χ2n) is 6.83. The van der Waals surface area contributed by atoms with Gasteiger partial charge in [-0.05, 0) is 43.7 Å². The molecule has 0 spiro atoms. The summed E-state index contributed by atoms with van der Waals surface area (Å²) in [6.07, 6.45) is 0. The van der Waals surface area contributed by atoms with E-state index in [0.29, 0.717) is 41.8 Å².